The average Bonchev–Trinajstić information content (AvgIpc) is 2.67. The quantitative estimate of drug-likeness (QED) is 0.624. The predicted molar refractivity (Wildman–Crippen MR) is 77.0 cm³/mol. The Bertz CT molecular complexity index is 564. The Morgan fingerprint density at radius 2 is 2.24 bits per heavy atom. The second-order valence-electron chi connectivity index (χ2n) is 5.32. The van der Waals surface area contributed by atoms with Gasteiger partial charge < -0.3 is 20.1 Å². The molecule has 1 aromatic rings. The van der Waals surface area contributed by atoms with Crippen LogP contribution in [-0.2, 0) is 11.3 Å². The summed E-state index contributed by atoms with van der Waals surface area (Å²) in [5.41, 5.74) is 1.46. The molecule has 1 aliphatic heterocycles. The van der Waals surface area contributed by atoms with Crippen molar-refractivity contribution in [2.75, 3.05) is 0 Å². The van der Waals surface area contributed by atoms with Crippen molar-refractivity contribution in [3.63, 3.8) is 0 Å². The molecule has 1 fully saturated rings. The highest BCUT2D eigenvalue weighted by molar-refractivity contribution is 8.01. The van der Waals surface area contributed by atoms with Crippen LogP contribution in [0.2, 0.25) is 0 Å². The number of aliphatic hydroxyl groups is 1. The lowest BCUT2D eigenvalue weighted by atomic mass is 10.1. The van der Waals surface area contributed by atoms with Crippen LogP contribution in [0.3, 0.4) is 0 Å². The minimum Gasteiger partial charge on any atom is -0.506 e. The molecule has 1 aromatic heterocycles. The van der Waals surface area contributed by atoms with E-state index in [0.29, 0.717) is 16.8 Å². The summed E-state index contributed by atoms with van der Waals surface area (Å²) in [6.45, 7) is 5.10. The van der Waals surface area contributed by atoms with Gasteiger partial charge in [0.15, 0.2) is 6.23 Å². The normalized spacial score (nSPS) is 24.0. The number of nitrogens with one attached hydrogen (secondary N) is 1. The van der Waals surface area contributed by atoms with E-state index in [1.807, 2.05) is 13.8 Å². The maximum atomic E-state index is 10.8. The topological polar surface area (TPSA) is 112 Å². The molecule has 4 N–H and O–H groups in total. The molecule has 0 aromatic carbocycles. The minimum atomic E-state index is -1.36. The largest absolute Gasteiger partial charge is 0.507 e. The SMILES string of the molecule is Cc1ncc(CO)c(C2N[C@@H](OC(=O)O)C(C)(C)S2)c1O. The molecule has 0 aliphatic carbocycles. The third kappa shape index (κ3) is 3.07. The van der Waals surface area contributed by atoms with E-state index in [1.54, 1.807) is 6.92 Å². The van der Waals surface area contributed by atoms with E-state index < -0.39 is 22.5 Å². The molecule has 2 heterocycles. The van der Waals surface area contributed by atoms with Gasteiger partial charge in [0.1, 0.15) is 5.75 Å². The molecular formula is C13H18N2O5S. The first-order chi connectivity index (χ1) is 9.76. The maximum absolute atomic E-state index is 10.8. The first-order valence-corrected chi connectivity index (χ1v) is 7.26. The van der Waals surface area contributed by atoms with Crippen molar-refractivity contribution in [2.24, 2.45) is 0 Å². The van der Waals surface area contributed by atoms with Crippen LogP contribution in [0.5, 0.6) is 5.75 Å². The van der Waals surface area contributed by atoms with E-state index in [-0.39, 0.29) is 12.4 Å². The lowest BCUT2D eigenvalue weighted by Crippen LogP contribution is -2.40. The smallest absolute Gasteiger partial charge is 0.506 e. The maximum Gasteiger partial charge on any atom is 0.507 e. The summed E-state index contributed by atoms with van der Waals surface area (Å²) in [6.07, 6.45) is -0.575. The number of aromatic hydroxyl groups is 1. The molecule has 0 radical (unpaired) electrons. The van der Waals surface area contributed by atoms with Crippen molar-refractivity contribution in [1.82, 2.24) is 10.3 Å². The number of aliphatic hydroxyl groups excluding tert-OH is 1. The third-order valence-electron chi connectivity index (χ3n) is 3.36. The molecule has 1 unspecified atom stereocenters. The molecule has 1 aliphatic rings. The van der Waals surface area contributed by atoms with Crippen LogP contribution in [0.25, 0.3) is 0 Å². The van der Waals surface area contributed by atoms with Gasteiger partial charge in [0, 0.05) is 17.3 Å². The number of hydrogen-bond donors (Lipinski definition) is 4. The van der Waals surface area contributed by atoms with Gasteiger partial charge in [-0.1, -0.05) is 0 Å². The summed E-state index contributed by atoms with van der Waals surface area (Å²) in [4.78, 5) is 14.8. The van der Waals surface area contributed by atoms with Crippen LogP contribution in [0, 0.1) is 6.92 Å². The van der Waals surface area contributed by atoms with Crippen molar-refractivity contribution < 1.29 is 24.9 Å². The van der Waals surface area contributed by atoms with Crippen LogP contribution >= 0.6 is 11.8 Å². The second kappa shape index (κ2) is 5.70. The van der Waals surface area contributed by atoms with E-state index in [1.165, 1.54) is 18.0 Å². The molecule has 2 rings (SSSR count). The van der Waals surface area contributed by atoms with Gasteiger partial charge in [0.25, 0.3) is 0 Å². The monoisotopic (exact) mass is 314 g/mol. The Morgan fingerprint density at radius 1 is 1.57 bits per heavy atom. The lowest BCUT2D eigenvalue weighted by Gasteiger charge is -2.23. The number of hydrogen-bond acceptors (Lipinski definition) is 7. The molecule has 0 amide bonds. The molecule has 0 spiro atoms. The van der Waals surface area contributed by atoms with Crippen LogP contribution < -0.4 is 5.32 Å². The second-order valence-corrected chi connectivity index (χ2v) is 7.08. The zero-order valence-corrected chi connectivity index (χ0v) is 12.8. The van der Waals surface area contributed by atoms with Gasteiger partial charge in [-0.15, -0.1) is 11.8 Å². The number of thioether (sulfide) groups is 1. The van der Waals surface area contributed by atoms with Gasteiger partial charge in [0.2, 0.25) is 0 Å². The Hall–Kier alpha value is -1.51. The predicted octanol–water partition coefficient (Wildman–Crippen LogP) is 1.72. The van der Waals surface area contributed by atoms with Gasteiger partial charge >= 0.3 is 6.16 Å². The molecule has 2 atom stereocenters. The van der Waals surface area contributed by atoms with Gasteiger partial charge in [-0.25, -0.2) is 4.79 Å². The third-order valence-corrected chi connectivity index (χ3v) is 4.79. The van der Waals surface area contributed by atoms with Crippen molar-refractivity contribution in [3.05, 3.63) is 23.0 Å². The van der Waals surface area contributed by atoms with Crippen LogP contribution in [0.1, 0.15) is 36.0 Å². The summed E-state index contributed by atoms with van der Waals surface area (Å²) >= 11 is 1.43. The number of carbonyl (C=O) groups is 1. The highest BCUT2D eigenvalue weighted by atomic mass is 32.2. The molecule has 0 saturated carbocycles. The Kier molecular flexibility index (Phi) is 4.31. The zero-order valence-electron chi connectivity index (χ0n) is 12.0. The number of pyridine rings is 1. The molecule has 1 saturated heterocycles. The van der Waals surface area contributed by atoms with Crippen molar-refractivity contribution in [2.45, 2.75) is 43.7 Å². The molecule has 116 valence electrons. The first kappa shape index (κ1) is 15.9. The van der Waals surface area contributed by atoms with Crippen LogP contribution in [0.4, 0.5) is 4.79 Å². The van der Waals surface area contributed by atoms with Crippen LogP contribution in [-0.4, -0.2) is 37.4 Å². The summed E-state index contributed by atoms with van der Waals surface area (Å²) in [6, 6.07) is 0. The number of aryl methyl sites for hydroxylation is 1. The fourth-order valence-corrected chi connectivity index (χ4v) is 3.65. The fraction of sp³-hybridized carbons (Fsp3) is 0.538. The number of aromatic nitrogens is 1. The zero-order chi connectivity index (χ0) is 15.8. The van der Waals surface area contributed by atoms with E-state index in [4.69, 9.17) is 9.84 Å². The summed E-state index contributed by atoms with van der Waals surface area (Å²) in [5.74, 6) is -0.00155. The highest BCUT2D eigenvalue weighted by Gasteiger charge is 2.45. The average molecular weight is 314 g/mol. The number of carboxylic acid groups (broad SMARTS) is 1. The first-order valence-electron chi connectivity index (χ1n) is 6.38. The standard InChI is InChI=1S/C13H18N2O5S/c1-6-9(17)8(7(5-16)4-14-6)10-15-11(20-12(18)19)13(2,3)21-10/h4,10-11,15-17H,5H2,1-3H3,(H,18,19)/t10?,11-/m0/s1. The van der Waals surface area contributed by atoms with Crippen LogP contribution in [0.15, 0.2) is 6.20 Å². The van der Waals surface area contributed by atoms with E-state index in [9.17, 15) is 15.0 Å². The van der Waals surface area contributed by atoms with Gasteiger partial charge in [-0.2, -0.15) is 0 Å². The Balaban J connectivity index is 2.36. The number of rotatable bonds is 3. The fourth-order valence-electron chi connectivity index (χ4n) is 2.23. The van der Waals surface area contributed by atoms with Gasteiger partial charge in [0.05, 0.1) is 22.4 Å². The van der Waals surface area contributed by atoms with E-state index in [2.05, 4.69) is 10.3 Å². The Labute approximate surface area is 126 Å². The minimum absolute atomic E-state index is 0.00155. The number of ether oxygens (including phenoxy) is 1. The Morgan fingerprint density at radius 3 is 2.81 bits per heavy atom. The lowest BCUT2D eigenvalue weighted by molar-refractivity contribution is 0.0273. The summed E-state index contributed by atoms with van der Waals surface area (Å²) in [7, 11) is 0. The number of nitrogens with zero attached hydrogens (tertiary/aromatic N) is 1. The van der Waals surface area contributed by atoms with Crippen molar-refractivity contribution in [1.29, 1.82) is 0 Å². The van der Waals surface area contributed by atoms with E-state index >= 15 is 0 Å². The summed E-state index contributed by atoms with van der Waals surface area (Å²) in [5, 5.41) is 31.1. The molecule has 0 bridgehead atoms. The van der Waals surface area contributed by atoms with E-state index in [0.717, 1.165) is 0 Å². The molecular weight excluding hydrogens is 296 g/mol. The molecule has 7 nitrogen and oxygen atoms in total. The summed E-state index contributed by atoms with van der Waals surface area (Å²) < 4.78 is 4.33. The van der Waals surface area contributed by atoms with Gasteiger partial charge in [-0.3, -0.25) is 10.3 Å². The van der Waals surface area contributed by atoms with Crippen molar-refractivity contribution in [3.8, 4) is 5.75 Å². The molecule has 8 heteroatoms. The van der Waals surface area contributed by atoms with Crippen molar-refractivity contribution >= 4 is 17.9 Å². The highest BCUT2D eigenvalue weighted by Crippen LogP contribution is 2.49. The van der Waals surface area contributed by atoms with Gasteiger partial charge in [-0.05, 0) is 20.8 Å². The molecule has 21 heavy (non-hydrogen) atoms.